The van der Waals surface area contributed by atoms with Gasteiger partial charge in [0.15, 0.2) is 0 Å². The normalized spacial score (nSPS) is 14.6. The van der Waals surface area contributed by atoms with E-state index in [2.05, 4.69) is 5.32 Å². The molecule has 1 saturated carbocycles. The highest BCUT2D eigenvalue weighted by atomic mass is 32.1. The van der Waals surface area contributed by atoms with E-state index >= 15 is 0 Å². The van der Waals surface area contributed by atoms with Gasteiger partial charge in [0.1, 0.15) is 12.4 Å². The van der Waals surface area contributed by atoms with Gasteiger partial charge in [-0.25, -0.2) is 4.39 Å². The molecule has 1 aromatic carbocycles. The van der Waals surface area contributed by atoms with Crippen LogP contribution in [0.1, 0.15) is 19.3 Å². The van der Waals surface area contributed by atoms with Gasteiger partial charge in [0.2, 0.25) is 5.91 Å². The van der Waals surface area contributed by atoms with Crippen LogP contribution in [0.4, 0.5) is 4.39 Å². The Balaban J connectivity index is 1.76. The lowest BCUT2D eigenvalue weighted by atomic mass is 9.85. The number of carbonyl (C=O) groups excluding carboxylic acids is 1. The summed E-state index contributed by atoms with van der Waals surface area (Å²) in [6, 6.07) is 6.26. The molecule has 1 fully saturated rings. The molecule has 1 heterocycles. The maximum Gasteiger partial charge on any atom is 0.308 e. The lowest BCUT2D eigenvalue weighted by Gasteiger charge is -2.25. The van der Waals surface area contributed by atoms with Crippen LogP contribution < -0.4 is 10.2 Å². The predicted molar refractivity (Wildman–Crippen MR) is 84.3 cm³/mol. The molecule has 0 unspecified atom stereocenters. The summed E-state index contributed by atoms with van der Waals surface area (Å²) >= 11 is 0.977. The average Bonchev–Trinajstić information content (AvgIpc) is 2.79. The first kappa shape index (κ1) is 15.0. The number of carbonyl (C=O) groups is 1. The second-order valence-corrected chi connectivity index (χ2v) is 6.37. The van der Waals surface area contributed by atoms with Crippen LogP contribution in [0.25, 0.3) is 11.3 Å². The number of nitrogens with zero attached hydrogens (tertiary/aromatic N) is 1. The molecule has 4 nitrogen and oxygen atoms in total. The Morgan fingerprint density at radius 1 is 1.36 bits per heavy atom. The molecule has 2 aromatic rings. The highest BCUT2D eigenvalue weighted by molar-refractivity contribution is 7.07. The van der Waals surface area contributed by atoms with Crippen LogP contribution in [-0.2, 0) is 11.3 Å². The fourth-order valence-electron chi connectivity index (χ4n) is 2.51. The maximum atomic E-state index is 13.9. The zero-order chi connectivity index (χ0) is 15.5. The van der Waals surface area contributed by atoms with E-state index in [0.29, 0.717) is 23.7 Å². The molecule has 0 saturated heterocycles. The van der Waals surface area contributed by atoms with Crippen molar-refractivity contribution in [3.05, 3.63) is 45.1 Å². The number of thiazole rings is 1. The van der Waals surface area contributed by atoms with Crippen molar-refractivity contribution in [2.75, 3.05) is 6.54 Å². The number of rotatable bonds is 5. The van der Waals surface area contributed by atoms with Gasteiger partial charge in [-0.3, -0.25) is 14.2 Å². The molecule has 0 radical (unpaired) electrons. The smallest absolute Gasteiger partial charge is 0.308 e. The second-order valence-electron chi connectivity index (χ2n) is 5.55. The van der Waals surface area contributed by atoms with Gasteiger partial charge in [0, 0.05) is 17.5 Å². The van der Waals surface area contributed by atoms with Crippen molar-refractivity contribution in [1.82, 2.24) is 9.88 Å². The molecule has 0 aliphatic heterocycles. The molecule has 3 rings (SSSR count). The molecular weight excluding hydrogens is 303 g/mol. The third-order valence-electron chi connectivity index (χ3n) is 4.05. The van der Waals surface area contributed by atoms with Crippen LogP contribution in [0.2, 0.25) is 0 Å². The van der Waals surface area contributed by atoms with Crippen molar-refractivity contribution >= 4 is 17.2 Å². The van der Waals surface area contributed by atoms with Gasteiger partial charge in [-0.1, -0.05) is 29.9 Å². The van der Waals surface area contributed by atoms with E-state index in [1.807, 2.05) is 0 Å². The summed E-state index contributed by atoms with van der Waals surface area (Å²) in [5.41, 5.74) is 0.791. The summed E-state index contributed by atoms with van der Waals surface area (Å²) in [6.07, 6.45) is 3.53. The minimum atomic E-state index is -0.399. The monoisotopic (exact) mass is 320 g/mol. The second kappa shape index (κ2) is 6.44. The van der Waals surface area contributed by atoms with Crippen LogP contribution in [0.3, 0.4) is 0 Å². The number of hydrogen-bond acceptors (Lipinski definition) is 3. The molecule has 0 spiro atoms. The van der Waals surface area contributed by atoms with Gasteiger partial charge in [0.05, 0.1) is 5.69 Å². The van der Waals surface area contributed by atoms with E-state index in [4.69, 9.17) is 0 Å². The summed E-state index contributed by atoms with van der Waals surface area (Å²) < 4.78 is 15.2. The Kier molecular flexibility index (Phi) is 4.38. The number of nitrogens with one attached hydrogen (secondary N) is 1. The summed E-state index contributed by atoms with van der Waals surface area (Å²) in [4.78, 5) is 23.7. The van der Waals surface area contributed by atoms with E-state index in [1.54, 1.807) is 23.6 Å². The summed E-state index contributed by atoms with van der Waals surface area (Å²) in [7, 11) is 0. The summed E-state index contributed by atoms with van der Waals surface area (Å²) in [6.45, 7) is 0.589. The molecule has 116 valence electrons. The van der Waals surface area contributed by atoms with Crippen molar-refractivity contribution in [2.24, 2.45) is 5.92 Å². The highest BCUT2D eigenvalue weighted by Crippen LogP contribution is 2.25. The van der Waals surface area contributed by atoms with Gasteiger partial charge < -0.3 is 5.32 Å². The van der Waals surface area contributed by atoms with Gasteiger partial charge in [-0.2, -0.15) is 0 Å². The molecular formula is C16H17FN2O2S. The molecule has 1 N–H and O–H groups in total. The minimum absolute atomic E-state index is 0.0707. The van der Waals surface area contributed by atoms with Crippen molar-refractivity contribution < 1.29 is 9.18 Å². The first-order chi connectivity index (χ1) is 10.6. The largest absolute Gasteiger partial charge is 0.354 e. The zero-order valence-electron chi connectivity index (χ0n) is 12.0. The number of halogens is 1. The minimum Gasteiger partial charge on any atom is -0.354 e. The van der Waals surface area contributed by atoms with Crippen LogP contribution in [-0.4, -0.2) is 17.0 Å². The Bertz CT molecular complexity index is 734. The van der Waals surface area contributed by atoms with E-state index in [9.17, 15) is 14.0 Å². The van der Waals surface area contributed by atoms with Gasteiger partial charge in [-0.15, -0.1) is 0 Å². The number of amides is 1. The molecule has 0 bridgehead atoms. The third kappa shape index (κ3) is 3.11. The van der Waals surface area contributed by atoms with E-state index in [0.717, 1.165) is 24.2 Å². The fraction of sp³-hybridized carbons (Fsp3) is 0.375. The first-order valence-corrected chi connectivity index (χ1v) is 8.23. The standard InChI is InChI=1S/C16H17FN2O2S/c17-13-7-2-1-6-12(13)14-10-22-16(21)19(14)9-15(20)18-8-11-4-3-5-11/h1-2,6-7,10-11H,3-5,8-9H2,(H,18,20). The predicted octanol–water partition coefficient (Wildman–Crippen LogP) is 2.63. The molecule has 1 aromatic heterocycles. The fourth-order valence-corrected chi connectivity index (χ4v) is 3.27. The lowest BCUT2D eigenvalue weighted by molar-refractivity contribution is -0.122. The molecule has 1 aliphatic carbocycles. The lowest BCUT2D eigenvalue weighted by Crippen LogP contribution is -2.35. The van der Waals surface area contributed by atoms with E-state index in [-0.39, 0.29) is 17.3 Å². The Hall–Kier alpha value is -1.95. The van der Waals surface area contributed by atoms with E-state index in [1.165, 1.54) is 17.1 Å². The van der Waals surface area contributed by atoms with Crippen molar-refractivity contribution in [3.63, 3.8) is 0 Å². The quantitative estimate of drug-likeness (QED) is 0.921. The Labute approximate surface area is 131 Å². The van der Waals surface area contributed by atoms with Gasteiger partial charge in [-0.05, 0) is 30.9 Å². The van der Waals surface area contributed by atoms with Crippen molar-refractivity contribution in [3.8, 4) is 11.3 Å². The van der Waals surface area contributed by atoms with Gasteiger partial charge >= 0.3 is 4.87 Å². The van der Waals surface area contributed by atoms with Gasteiger partial charge in [0.25, 0.3) is 0 Å². The first-order valence-electron chi connectivity index (χ1n) is 7.35. The van der Waals surface area contributed by atoms with Crippen LogP contribution >= 0.6 is 11.3 Å². The Morgan fingerprint density at radius 3 is 2.82 bits per heavy atom. The molecule has 1 amide bonds. The summed E-state index contributed by atoms with van der Waals surface area (Å²) in [5.74, 6) is -0.0388. The SMILES string of the molecule is O=C(Cn1c(-c2ccccc2F)csc1=O)NCC1CCC1. The number of benzene rings is 1. The molecule has 22 heavy (non-hydrogen) atoms. The topological polar surface area (TPSA) is 51.1 Å². The van der Waals surface area contributed by atoms with E-state index < -0.39 is 5.82 Å². The summed E-state index contributed by atoms with van der Waals surface area (Å²) in [5, 5.41) is 4.45. The van der Waals surface area contributed by atoms with Crippen LogP contribution in [0.5, 0.6) is 0 Å². The highest BCUT2D eigenvalue weighted by Gasteiger charge is 2.19. The molecule has 0 atom stereocenters. The van der Waals surface area contributed by atoms with Crippen molar-refractivity contribution in [1.29, 1.82) is 0 Å². The maximum absolute atomic E-state index is 13.9. The Morgan fingerprint density at radius 2 is 2.14 bits per heavy atom. The number of aromatic nitrogens is 1. The molecule has 6 heteroatoms. The average molecular weight is 320 g/mol. The third-order valence-corrected chi connectivity index (χ3v) is 4.81. The molecule has 1 aliphatic rings. The zero-order valence-corrected chi connectivity index (χ0v) is 12.9. The van der Waals surface area contributed by atoms with Crippen molar-refractivity contribution in [2.45, 2.75) is 25.8 Å². The number of hydrogen-bond donors (Lipinski definition) is 1. The van der Waals surface area contributed by atoms with Crippen LogP contribution in [0, 0.1) is 11.7 Å². The van der Waals surface area contributed by atoms with Crippen LogP contribution in [0.15, 0.2) is 34.4 Å².